The Morgan fingerprint density at radius 1 is 1.31 bits per heavy atom. The lowest BCUT2D eigenvalue weighted by molar-refractivity contribution is -0.402. The third kappa shape index (κ3) is 3.89. The molecule has 1 aliphatic heterocycles. The van der Waals surface area contributed by atoms with Crippen molar-refractivity contribution < 1.29 is 14.1 Å². The maximum Gasteiger partial charge on any atom is 0.433 e. The van der Waals surface area contributed by atoms with Gasteiger partial charge in [-0.25, -0.2) is 0 Å². The van der Waals surface area contributed by atoms with E-state index in [-0.39, 0.29) is 16.0 Å². The van der Waals surface area contributed by atoms with Gasteiger partial charge in [0.15, 0.2) is 10.1 Å². The Morgan fingerprint density at radius 3 is 2.65 bits per heavy atom. The van der Waals surface area contributed by atoms with Gasteiger partial charge in [0.2, 0.25) is 0 Å². The van der Waals surface area contributed by atoms with Crippen LogP contribution in [0.1, 0.15) is 23.8 Å². The fourth-order valence-corrected chi connectivity index (χ4v) is 3.36. The number of carbonyl (C=O) groups excluding carboxylic acids is 1. The Morgan fingerprint density at radius 2 is 2.04 bits per heavy atom. The zero-order valence-corrected chi connectivity index (χ0v) is 15.3. The zero-order valence-electron chi connectivity index (χ0n) is 13.6. The molecule has 0 unspecified atom stereocenters. The lowest BCUT2D eigenvalue weighted by Crippen LogP contribution is -2.22. The summed E-state index contributed by atoms with van der Waals surface area (Å²) in [6.45, 7) is 2.08. The second-order valence-corrected chi connectivity index (χ2v) is 6.94. The lowest BCUT2D eigenvalue weighted by atomic mass is 10.1. The van der Waals surface area contributed by atoms with Crippen molar-refractivity contribution in [1.82, 2.24) is 5.01 Å². The van der Waals surface area contributed by atoms with Crippen LogP contribution in [0.3, 0.4) is 0 Å². The van der Waals surface area contributed by atoms with Gasteiger partial charge in [0, 0.05) is 0 Å². The molecule has 0 atom stereocenters. The van der Waals surface area contributed by atoms with E-state index in [9.17, 15) is 14.9 Å². The molecular weight excluding hydrogens is 374 g/mol. The van der Waals surface area contributed by atoms with Crippen LogP contribution < -0.4 is 0 Å². The number of hydrogen-bond donors (Lipinski definition) is 0. The summed E-state index contributed by atoms with van der Waals surface area (Å²) in [7, 11) is 0. The number of aryl methyl sites for hydroxylation is 1. The molecule has 7 nitrogen and oxygen atoms in total. The number of thiocarbonyl (C=S) groups is 1. The van der Waals surface area contributed by atoms with Crippen LogP contribution in [0, 0.1) is 10.1 Å². The highest BCUT2D eigenvalue weighted by Gasteiger charge is 2.32. The van der Waals surface area contributed by atoms with E-state index in [2.05, 4.69) is 12.0 Å². The van der Waals surface area contributed by atoms with Crippen molar-refractivity contribution in [2.45, 2.75) is 13.3 Å². The molecule has 1 aliphatic rings. The molecule has 1 saturated heterocycles. The standard InChI is InChI=1S/C17H13N3O4S2/c1-2-11-3-5-12(6-4-11)9-14-16(21)19(17(25)26-14)18-10-13-7-8-15(24-13)20(22)23/h3-10H,2H2,1H3/b14-9+,18-10+. The predicted octanol–water partition coefficient (Wildman–Crippen LogP) is 3.99. The van der Waals surface area contributed by atoms with E-state index in [1.54, 1.807) is 6.08 Å². The van der Waals surface area contributed by atoms with Crippen molar-refractivity contribution in [3.63, 3.8) is 0 Å². The van der Waals surface area contributed by atoms with Crippen LogP contribution in [0.15, 0.2) is 50.8 Å². The third-order valence-corrected chi connectivity index (χ3v) is 4.83. The van der Waals surface area contributed by atoms with E-state index < -0.39 is 10.8 Å². The minimum Gasteiger partial charge on any atom is -0.400 e. The first-order valence-electron chi connectivity index (χ1n) is 7.63. The smallest absolute Gasteiger partial charge is 0.400 e. The molecule has 1 fully saturated rings. The second-order valence-electron chi connectivity index (χ2n) is 5.27. The van der Waals surface area contributed by atoms with Crippen molar-refractivity contribution in [3.8, 4) is 0 Å². The van der Waals surface area contributed by atoms with Gasteiger partial charge in [-0.05, 0) is 41.9 Å². The number of carbonyl (C=O) groups is 1. The molecule has 2 aromatic rings. The summed E-state index contributed by atoms with van der Waals surface area (Å²) in [4.78, 5) is 22.9. The molecule has 1 amide bonds. The normalized spacial score (nSPS) is 16.2. The van der Waals surface area contributed by atoms with Gasteiger partial charge in [-0.3, -0.25) is 14.9 Å². The molecule has 26 heavy (non-hydrogen) atoms. The number of rotatable bonds is 5. The number of hydrogen-bond acceptors (Lipinski definition) is 7. The van der Waals surface area contributed by atoms with Crippen molar-refractivity contribution in [2.75, 3.05) is 0 Å². The van der Waals surface area contributed by atoms with Crippen LogP contribution in [0.4, 0.5) is 5.88 Å². The van der Waals surface area contributed by atoms with E-state index in [4.69, 9.17) is 16.6 Å². The van der Waals surface area contributed by atoms with E-state index in [1.807, 2.05) is 24.3 Å². The highest BCUT2D eigenvalue weighted by atomic mass is 32.2. The lowest BCUT2D eigenvalue weighted by Gasteiger charge is -2.05. The number of amides is 1. The monoisotopic (exact) mass is 387 g/mol. The molecule has 0 saturated carbocycles. The van der Waals surface area contributed by atoms with Gasteiger partial charge in [-0.1, -0.05) is 43.0 Å². The second kappa shape index (κ2) is 7.63. The molecule has 3 rings (SSSR count). The molecule has 0 radical (unpaired) electrons. The van der Waals surface area contributed by atoms with Crippen LogP contribution in [-0.2, 0) is 11.2 Å². The highest BCUT2D eigenvalue weighted by molar-refractivity contribution is 8.26. The Kier molecular flexibility index (Phi) is 5.29. The number of benzene rings is 1. The first-order chi connectivity index (χ1) is 12.5. The van der Waals surface area contributed by atoms with E-state index >= 15 is 0 Å². The summed E-state index contributed by atoms with van der Waals surface area (Å²) in [6.07, 6.45) is 3.92. The topological polar surface area (TPSA) is 88.9 Å². The minimum absolute atomic E-state index is 0.157. The van der Waals surface area contributed by atoms with Crippen molar-refractivity contribution in [1.29, 1.82) is 0 Å². The Bertz CT molecular complexity index is 932. The SMILES string of the molecule is CCc1ccc(/C=C2/SC(=S)N(/N=C/c3ccc([N+](=O)[O-])o3)C2=O)cc1. The fourth-order valence-electron chi connectivity index (χ4n) is 2.18. The van der Waals surface area contributed by atoms with Crippen LogP contribution in [-0.4, -0.2) is 26.4 Å². The summed E-state index contributed by atoms with van der Waals surface area (Å²) in [5.41, 5.74) is 2.11. The molecular formula is C17H13N3O4S2. The zero-order chi connectivity index (χ0) is 18.7. The number of thioether (sulfide) groups is 1. The maximum atomic E-state index is 12.5. The molecule has 0 aliphatic carbocycles. The maximum absolute atomic E-state index is 12.5. The molecule has 132 valence electrons. The molecule has 1 aromatic carbocycles. The predicted molar refractivity (Wildman–Crippen MR) is 104 cm³/mol. The first-order valence-corrected chi connectivity index (χ1v) is 8.85. The van der Waals surface area contributed by atoms with Crippen molar-refractivity contribution in [2.24, 2.45) is 5.10 Å². The Hall–Kier alpha value is -2.78. The van der Waals surface area contributed by atoms with Gasteiger partial charge >= 0.3 is 5.88 Å². The summed E-state index contributed by atoms with van der Waals surface area (Å²) in [5.74, 6) is -0.589. The van der Waals surface area contributed by atoms with Crippen molar-refractivity contribution in [3.05, 3.63) is 68.3 Å². The number of hydrazone groups is 1. The van der Waals surface area contributed by atoms with Crippen molar-refractivity contribution >= 4 is 52.4 Å². The summed E-state index contributed by atoms with van der Waals surface area (Å²) >= 11 is 6.34. The largest absolute Gasteiger partial charge is 0.433 e. The summed E-state index contributed by atoms with van der Waals surface area (Å²) in [5, 5.41) is 15.7. The first kappa shape index (κ1) is 18.0. The van der Waals surface area contributed by atoms with E-state index in [0.29, 0.717) is 4.91 Å². The van der Waals surface area contributed by atoms with Gasteiger partial charge < -0.3 is 4.42 Å². The van der Waals surface area contributed by atoms with E-state index in [1.165, 1.54) is 23.9 Å². The molecule has 0 spiro atoms. The van der Waals surface area contributed by atoms with Gasteiger partial charge in [-0.2, -0.15) is 10.1 Å². The van der Waals surface area contributed by atoms with Gasteiger partial charge in [0.1, 0.15) is 4.92 Å². The summed E-state index contributed by atoms with van der Waals surface area (Å²) < 4.78 is 5.25. The molecule has 0 bridgehead atoms. The molecule has 9 heteroatoms. The Labute approximate surface area is 158 Å². The third-order valence-electron chi connectivity index (χ3n) is 3.55. The van der Waals surface area contributed by atoms with Crippen LogP contribution in [0.25, 0.3) is 6.08 Å². The van der Waals surface area contributed by atoms with Crippen LogP contribution in [0.2, 0.25) is 0 Å². The summed E-state index contributed by atoms with van der Waals surface area (Å²) in [6, 6.07) is 10.5. The van der Waals surface area contributed by atoms with Crippen LogP contribution in [0.5, 0.6) is 0 Å². The van der Waals surface area contributed by atoms with Gasteiger partial charge in [0.25, 0.3) is 5.91 Å². The quantitative estimate of drug-likeness (QED) is 0.253. The number of nitro groups is 1. The average molecular weight is 387 g/mol. The Balaban J connectivity index is 1.76. The minimum atomic E-state index is -0.649. The van der Waals surface area contributed by atoms with E-state index in [0.717, 1.165) is 28.8 Å². The number of nitrogens with zero attached hydrogens (tertiary/aromatic N) is 3. The highest BCUT2D eigenvalue weighted by Crippen LogP contribution is 2.32. The van der Waals surface area contributed by atoms with Gasteiger partial charge in [0.05, 0.1) is 17.2 Å². The van der Waals surface area contributed by atoms with Crippen LogP contribution >= 0.6 is 24.0 Å². The molecule has 2 heterocycles. The average Bonchev–Trinajstić information content (AvgIpc) is 3.20. The fraction of sp³-hybridized carbons (Fsp3) is 0.118. The number of furan rings is 1. The molecule has 1 aromatic heterocycles. The van der Waals surface area contributed by atoms with Gasteiger partial charge in [-0.15, -0.1) is 0 Å². The molecule has 0 N–H and O–H groups in total.